The smallest absolute Gasteiger partial charge is 0.328 e. The second-order valence-corrected chi connectivity index (χ2v) is 16.6. The predicted molar refractivity (Wildman–Crippen MR) is 249 cm³/mol. The number of carbonyl (C=O) groups excluding carboxylic acids is 8. The third-order valence-corrected chi connectivity index (χ3v) is 10.5. The molecule has 30 nitrogen and oxygen atoms in total. The normalized spacial score (nSPS) is 15.6. The summed E-state index contributed by atoms with van der Waals surface area (Å²) < 4.78 is 0. The molecule has 0 unspecified atom stereocenters. The van der Waals surface area contributed by atoms with Crippen molar-refractivity contribution in [1.82, 2.24) is 47.2 Å². The Morgan fingerprint density at radius 2 is 1.11 bits per heavy atom. The maximum Gasteiger partial charge on any atom is 0.328 e. The van der Waals surface area contributed by atoms with Crippen LogP contribution in [0.3, 0.4) is 0 Å². The van der Waals surface area contributed by atoms with Gasteiger partial charge in [-0.3, -0.25) is 48.1 Å². The second-order valence-electron chi connectivity index (χ2n) is 16.6. The Morgan fingerprint density at radius 3 is 1.62 bits per heavy atom. The van der Waals surface area contributed by atoms with Gasteiger partial charge in [-0.25, -0.2) is 9.78 Å². The van der Waals surface area contributed by atoms with Crippen molar-refractivity contribution in [2.24, 2.45) is 27.9 Å². The third-order valence-electron chi connectivity index (χ3n) is 10.5. The molecule has 2 rings (SSSR count). The molecule has 0 spiro atoms. The number of aromatic nitrogens is 2. The molecule has 398 valence electrons. The number of primary amides is 1. The first-order chi connectivity index (χ1) is 33.7. The standard InChI is InChI=1S/C42H64N14O16/c1-18(57)31(44)39(69)54-27(14-22-16-47-17-49-22)36(66)53-28(15-30(62)63)38(68)55-32(19(2)58)40(70)51-24(5-4-12-48-42(45)46)34(64)50-25(10-11-29(43)61)35(65)52-26(13-21-6-8-23(60)9-7-21)37(67)56-33(20(3)59)41(71)72/h6-9,16-20,24-28,31-33,57-60H,4-5,10-15,44H2,1-3H3,(H2,43,61)(H,47,49)(H,50,64)(H,51,70)(H,52,65)(H,53,66)(H,54,69)(H,55,68)(H,56,67)(H,62,63)(H,71,72)(H4,45,46,48)/t18-,19-,20-,24+,25+,26+,27+,28+,31+,32+,33+/m1/s1. The minimum atomic E-state index is -1.99. The highest BCUT2D eigenvalue weighted by Gasteiger charge is 2.37. The van der Waals surface area contributed by atoms with Crippen molar-refractivity contribution in [3.8, 4) is 5.75 Å². The van der Waals surface area contributed by atoms with Crippen LogP contribution < -0.4 is 60.2 Å². The van der Waals surface area contributed by atoms with Crippen LogP contribution in [0.4, 0.5) is 0 Å². The second kappa shape index (κ2) is 29.3. The zero-order valence-electron chi connectivity index (χ0n) is 39.4. The lowest BCUT2D eigenvalue weighted by molar-refractivity contribution is -0.145. The molecule has 30 heteroatoms. The van der Waals surface area contributed by atoms with Gasteiger partial charge in [-0.1, -0.05) is 12.1 Å². The van der Waals surface area contributed by atoms with Crippen LogP contribution in [0.2, 0.25) is 0 Å². The summed E-state index contributed by atoms with van der Waals surface area (Å²) in [5.41, 5.74) is 22.5. The molecule has 1 aromatic heterocycles. The number of amides is 8. The van der Waals surface area contributed by atoms with E-state index in [4.69, 9.17) is 22.9 Å². The SMILES string of the molecule is C[C@@H](O)[C@H](N)C(=O)N[C@@H](Cc1cnc[nH]1)C(=O)N[C@@H](CC(=O)O)C(=O)N[C@H](C(=O)N[C@@H](CCCN=C(N)N)C(=O)N[C@@H](CCC(N)=O)C(=O)N[C@@H](Cc1ccc(O)cc1)C(=O)N[C@H](C(=O)O)[C@@H](C)O)[C@@H](C)O. The predicted octanol–water partition coefficient (Wildman–Crippen LogP) is -7.36. The van der Waals surface area contributed by atoms with E-state index in [9.17, 15) is 78.6 Å². The van der Waals surface area contributed by atoms with E-state index >= 15 is 0 Å². The summed E-state index contributed by atoms with van der Waals surface area (Å²) >= 11 is 0. The summed E-state index contributed by atoms with van der Waals surface area (Å²) in [5.74, 6) is -12.8. The van der Waals surface area contributed by atoms with E-state index < -0.39 is 145 Å². The summed E-state index contributed by atoms with van der Waals surface area (Å²) in [6.45, 7) is 3.22. The van der Waals surface area contributed by atoms with Gasteiger partial charge >= 0.3 is 11.9 Å². The number of guanidine groups is 1. The van der Waals surface area contributed by atoms with Crippen molar-refractivity contribution in [3.05, 3.63) is 48.0 Å². The van der Waals surface area contributed by atoms with Crippen molar-refractivity contribution < 1.29 is 78.6 Å². The van der Waals surface area contributed by atoms with Gasteiger partial charge in [-0.2, -0.15) is 0 Å². The number of nitrogens with zero attached hydrogens (tertiary/aromatic N) is 2. The Labute approximate surface area is 410 Å². The van der Waals surface area contributed by atoms with Crippen molar-refractivity contribution in [3.63, 3.8) is 0 Å². The summed E-state index contributed by atoms with van der Waals surface area (Å²) in [4.78, 5) is 142. The number of carboxylic acid groups (broad SMARTS) is 2. The number of carboxylic acids is 2. The minimum Gasteiger partial charge on any atom is -0.508 e. The maximum atomic E-state index is 14.1. The molecular weight excluding hydrogens is 957 g/mol. The fraction of sp³-hybridized carbons (Fsp3) is 0.524. The number of hydrogen-bond acceptors (Lipinski definition) is 17. The number of aromatic amines is 1. The number of imidazole rings is 1. The number of nitrogens with two attached hydrogens (primary N) is 4. The average molecular weight is 1020 g/mol. The Balaban J connectivity index is 2.47. The zero-order chi connectivity index (χ0) is 54.4. The lowest BCUT2D eigenvalue weighted by Gasteiger charge is -2.28. The van der Waals surface area contributed by atoms with Crippen molar-refractivity contribution in [2.45, 2.75) is 132 Å². The van der Waals surface area contributed by atoms with E-state index in [1.165, 1.54) is 43.7 Å². The molecule has 0 bridgehead atoms. The van der Waals surface area contributed by atoms with Gasteiger partial charge < -0.3 is 95.8 Å². The number of phenolic OH excluding ortho intramolecular Hbond substituents is 1. The highest BCUT2D eigenvalue weighted by Crippen LogP contribution is 2.13. The first kappa shape index (κ1) is 60.2. The van der Waals surface area contributed by atoms with Gasteiger partial charge in [0.2, 0.25) is 47.3 Å². The third kappa shape index (κ3) is 21.0. The van der Waals surface area contributed by atoms with Crippen molar-refractivity contribution in [2.75, 3.05) is 6.54 Å². The fourth-order valence-electron chi connectivity index (χ4n) is 6.48. The Hall–Kier alpha value is -7.96. The molecule has 72 heavy (non-hydrogen) atoms. The molecule has 0 saturated heterocycles. The largest absolute Gasteiger partial charge is 0.508 e. The first-order valence-electron chi connectivity index (χ1n) is 22.2. The van der Waals surface area contributed by atoms with Crippen LogP contribution in [0.5, 0.6) is 5.75 Å². The molecule has 1 heterocycles. The average Bonchev–Trinajstić information content (AvgIpc) is 3.81. The molecule has 0 aliphatic rings. The van der Waals surface area contributed by atoms with Gasteiger partial charge in [0.1, 0.15) is 48.0 Å². The van der Waals surface area contributed by atoms with Crippen molar-refractivity contribution >= 4 is 65.2 Å². The Kier molecular flexibility index (Phi) is 24.5. The topological polar surface area (TPSA) is 521 Å². The number of aliphatic imine (C=N–C) groups is 1. The highest BCUT2D eigenvalue weighted by atomic mass is 16.4. The fourth-order valence-corrected chi connectivity index (χ4v) is 6.48. The summed E-state index contributed by atoms with van der Waals surface area (Å²) in [5, 5.41) is 75.4. The molecule has 0 radical (unpaired) electrons. The number of aliphatic carboxylic acids is 2. The van der Waals surface area contributed by atoms with Crippen LogP contribution in [-0.2, 0) is 60.8 Å². The maximum absolute atomic E-state index is 14.1. The van der Waals surface area contributed by atoms with Gasteiger partial charge in [0.25, 0.3) is 0 Å². The summed E-state index contributed by atoms with van der Waals surface area (Å²) in [7, 11) is 0. The monoisotopic (exact) mass is 1020 g/mol. The van der Waals surface area contributed by atoms with E-state index in [1.54, 1.807) is 0 Å². The van der Waals surface area contributed by atoms with Crippen LogP contribution in [-0.4, -0.2) is 179 Å². The number of carbonyl (C=O) groups is 10. The van der Waals surface area contributed by atoms with Crippen LogP contribution in [0.1, 0.15) is 64.1 Å². The van der Waals surface area contributed by atoms with E-state index in [0.29, 0.717) is 11.3 Å². The molecule has 0 aliphatic carbocycles. The number of aromatic hydroxyl groups is 1. The summed E-state index contributed by atoms with van der Waals surface area (Å²) in [6, 6.07) is -8.59. The number of nitrogens with one attached hydrogen (secondary N) is 8. The number of aliphatic hydroxyl groups excluding tert-OH is 3. The van der Waals surface area contributed by atoms with E-state index in [2.05, 4.69) is 52.2 Å². The van der Waals surface area contributed by atoms with Crippen LogP contribution in [0.25, 0.3) is 0 Å². The van der Waals surface area contributed by atoms with Crippen LogP contribution in [0.15, 0.2) is 41.8 Å². The molecule has 8 amide bonds. The number of benzene rings is 1. The molecule has 0 aliphatic heterocycles. The van der Waals surface area contributed by atoms with Gasteiger partial charge in [-0.05, 0) is 57.7 Å². The van der Waals surface area contributed by atoms with Crippen molar-refractivity contribution in [1.29, 1.82) is 0 Å². The molecule has 22 N–H and O–H groups in total. The van der Waals surface area contributed by atoms with Crippen LogP contribution >= 0.6 is 0 Å². The Bertz CT molecular complexity index is 2220. The lowest BCUT2D eigenvalue weighted by Crippen LogP contribution is -2.62. The molecule has 2 aromatic rings. The van der Waals surface area contributed by atoms with E-state index in [0.717, 1.165) is 13.8 Å². The van der Waals surface area contributed by atoms with Gasteiger partial charge in [-0.15, -0.1) is 0 Å². The quantitative estimate of drug-likeness (QED) is 0.0189. The number of phenols is 1. The molecular formula is C42H64N14O16. The number of H-pyrrole nitrogens is 1. The zero-order valence-corrected chi connectivity index (χ0v) is 39.4. The summed E-state index contributed by atoms with van der Waals surface area (Å²) in [6.07, 6.45) is -5.35. The highest BCUT2D eigenvalue weighted by molar-refractivity contribution is 5.98. The Morgan fingerprint density at radius 1 is 0.625 bits per heavy atom. The number of hydrogen-bond donors (Lipinski definition) is 18. The lowest BCUT2D eigenvalue weighted by atomic mass is 10.0. The molecule has 0 fully saturated rings. The van der Waals surface area contributed by atoms with Crippen LogP contribution in [0, 0.1) is 0 Å². The number of rotatable bonds is 31. The van der Waals surface area contributed by atoms with E-state index in [-0.39, 0.29) is 43.9 Å². The molecule has 1 aromatic carbocycles. The van der Waals surface area contributed by atoms with Gasteiger partial charge in [0.15, 0.2) is 12.0 Å². The first-order valence-corrected chi connectivity index (χ1v) is 22.2. The molecule has 11 atom stereocenters. The minimum absolute atomic E-state index is 0.0475. The van der Waals surface area contributed by atoms with Gasteiger partial charge in [0, 0.05) is 37.7 Å². The number of aliphatic hydroxyl groups is 3. The van der Waals surface area contributed by atoms with Gasteiger partial charge in [0.05, 0.1) is 31.1 Å². The van der Waals surface area contributed by atoms with E-state index in [1.807, 2.05) is 0 Å². The molecule has 0 saturated carbocycles.